The SMILES string of the molecule is C[Si](C)(C)CCOCn1ccc2c(N3CC4(CNC(=O)C4)C3)c(Br)cnc21. The van der Waals surface area contributed by atoms with Gasteiger partial charge in [0.05, 0.1) is 10.2 Å². The van der Waals surface area contributed by atoms with E-state index in [0.29, 0.717) is 13.2 Å². The summed E-state index contributed by atoms with van der Waals surface area (Å²) in [4.78, 5) is 18.6. The number of fused-ring (bicyclic) bond motifs is 1. The Morgan fingerprint density at radius 1 is 1.37 bits per heavy atom. The largest absolute Gasteiger partial charge is 0.369 e. The van der Waals surface area contributed by atoms with E-state index in [2.05, 4.69) is 67.6 Å². The van der Waals surface area contributed by atoms with Crippen molar-refractivity contribution in [1.82, 2.24) is 14.9 Å². The smallest absolute Gasteiger partial charge is 0.220 e. The second-order valence-electron chi connectivity index (χ2n) is 9.14. The van der Waals surface area contributed by atoms with Crippen molar-refractivity contribution in [3.8, 4) is 0 Å². The number of nitrogens with one attached hydrogen (secondary N) is 1. The van der Waals surface area contributed by atoms with Crippen molar-refractivity contribution in [2.45, 2.75) is 38.8 Å². The number of nitrogens with zero attached hydrogens (tertiary/aromatic N) is 3. The lowest BCUT2D eigenvalue weighted by Gasteiger charge is -2.49. The number of aromatic nitrogens is 2. The lowest BCUT2D eigenvalue weighted by atomic mass is 9.78. The summed E-state index contributed by atoms with van der Waals surface area (Å²) in [5, 5.41) is 4.10. The fourth-order valence-corrected chi connectivity index (χ4v) is 5.29. The molecule has 0 atom stereocenters. The van der Waals surface area contributed by atoms with Crippen LogP contribution >= 0.6 is 15.9 Å². The van der Waals surface area contributed by atoms with Gasteiger partial charge in [-0.25, -0.2) is 4.98 Å². The van der Waals surface area contributed by atoms with Crippen LogP contribution in [-0.2, 0) is 16.3 Å². The highest BCUT2D eigenvalue weighted by Gasteiger charge is 2.48. The first-order valence-electron chi connectivity index (χ1n) is 9.49. The Labute approximate surface area is 169 Å². The molecular weight excluding hydrogens is 424 g/mol. The van der Waals surface area contributed by atoms with Crippen molar-refractivity contribution in [3.05, 3.63) is 22.9 Å². The van der Waals surface area contributed by atoms with Crippen molar-refractivity contribution in [1.29, 1.82) is 0 Å². The third-order valence-electron chi connectivity index (χ3n) is 5.51. The Balaban J connectivity index is 1.49. The number of anilines is 1. The van der Waals surface area contributed by atoms with E-state index in [1.165, 1.54) is 11.7 Å². The molecule has 146 valence electrons. The predicted octanol–water partition coefficient (Wildman–Crippen LogP) is 3.44. The standard InChI is InChI=1S/C19H27BrN4O2Si/c1-27(2,3)7-6-26-13-23-5-4-14-17(15(20)9-21-18(14)23)24-11-19(12-24)8-16(25)22-10-19/h4-5,9H,6-8,10-13H2,1-3H3,(H,22,25). The number of ether oxygens (including phenoxy) is 1. The molecule has 4 rings (SSSR count). The van der Waals surface area contributed by atoms with Crippen molar-refractivity contribution in [3.63, 3.8) is 0 Å². The Morgan fingerprint density at radius 2 is 2.15 bits per heavy atom. The lowest BCUT2D eigenvalue weighted by molar-refractivity contribution is -0.119. The van der Waals surface area contributed by atoms with Crippen LogP contribution in [0.1, 0.15) is 6.42 Å². The van der Waals surface area contributed by atoms with Gasteiger partial charge in [-0.1, -0.05) is 19.6 Å². The first kappa shape index (κ1) is 19.0. The van der Waals surface area contributed by atoms with Gasteiger partial charge in [0, 0.05) is 63.9 Å². The molecule has 0 aliphatic carbocycles. The van der Waals surface area contributed by atoms with Crippen LogP contribution in [0.2, 0.25) is 25.7 Å². The number of hydrogen-bond acceptors (Lipinski definition) is 4. The summed E-state index contributed by atoms with van der Waals surface area (Å²) < 4.78 is 8.98. The molecule has 6 nitrogen and oxygen atoms in total. The van der Waals surface area contributed by atoms with E-state index in [1.54, 1.807) is 0 Å². The van der Waals surface area contributed by atoms with Crippen LogP contribution in [0.15, 0.2) is 22.9 Å². The number of amides is 1. The van der Waals surface area contributed by atoms with Crippen LogP contribution in [-0.4, -0.2) is 49.8 Å². The summed E-state index contributed by atoms with van der Waals surface area (Å²) in [5.74, 6) is 0.176. The molecule has 4 heterocycles. The number of hydrogen-bond donors (Lipinski definition) is 1. The molecule has 1 N–H and O–H groups in total. The van der Waals surface area contributed by atoms with Gasteiger partial charge in [0.1, 0.15) is 12.4 Å². The maximum atomic E-state index is 11.6. The number of pyridine rings is 1. The van der Waals surface area contributed by atoms with Gasteiger partial charge in [-0.2, -0.15) is 0 Å². The monoisotopic (exact) mass is 450 g/mol. The fraction of sp³-hybridized carbons (Fsp3) is 0.579. The number of carbonyl (C=O) groups is 1. The van der Waals surface area contributed by atoms with E-state index in [0.717, 1.165) is 41.7 Å². The molecule has 0 radical (unpaired) electrons. The van der Waals surface area contributed by atoms with Crippen LogP contribution in [0.5, 0.6) is 0 Å². The Hall–Kier alpha value is -1.38. The molecule has 0 bridgehead atoms. The normalized spacial score (nSPS) is 19.0. The molecule has 0 saturated carbocycles. The number of carbonyl (C=O) groups excluding carboxylic acids is 1. The maximum absolute atomic E-state index is 11.6. The fourth-order valence-electron chi connectivity index (χ4n) is 3.96. The minimum absolute atomic E-state index is 0.106. The Kier molecular flexibility index (Phi) is 4.84. The van der Waals surface area contributed by atoms with Gasteiger partial charge in [-0.15, -0.1) is 0 Å². The Bertz CT molecular complexity index is 870. The molecule has 8 heteroatoms. The van der Waals surface area contributed by atoms with Crippen LogP contribution in [0.3, 0.4) is 0 Å². The first-order valence-corrected chi connectivity index (χ1v) is 14.0. The minimum atomic E-state index is -1.07. The van der Waals surface area contributed by atoms with Crippen LogP contribution < -0.4 is 10.2 Å². The molecule has 2 fully saturated rings. The van der Waals surface area contributed by atoms with E-state index in [1.807, 2.05) is 6.20 Å². The molecule has 1 spiro atoms. The van der Waals surface area contributed by atoms with Gasteiger partial charge in [0.15, 0.2) is 0 Å². The molecule has 2 aromatic heterocycles. The molecule has 1 amide bonds. The third kappa shape index (κ3) is 3.79. The molecule has 2 aromatic rings. The molecular formula is C19H27BrN4O2Si. The van der Waals surface area contributed by atoms with Gasteiger partial charge >= 0.3 is 0 Å². The Morgan fingerprint density at radius 3 is 2.81 bits per heavy atom. The van der Waals surface area contributed by atoms with E-state index in [-0.39, 0.29) is 11.3 Å². The summed E-state index contributed by atoms with van der Waals surface area (Å²) >= 11 is 3.67. The zero-order chi connectivity index (χ0) is 19.2. The van der Waals surface area contributed by atoms with Crippen molar-refractivity contribution in [2.24, 2.45) is 5.41 Å². The van der Waals surface area contributed by atoms with E-state index in [9.17, 15) is 4.79 Å². The molecule has 2 aliphatic rings. The van der Waals surface area contributed by atoms with E-state index >= 15 is 0 Å². The second-order valence-corrected chi connectivity index (χ2v) is 15.6. The average molecular weight is 451 g/mol. The molecule has 0 unspecified atom stereocenters. The maximum Gasteiger partial charge on any atom is 0.220 e. The molecule has 2 saturated heterocycles. The zero-order valence-electron chi connectivity index (χ0n) is 16.2. The quantitative estimate of drug-likeness (QED) is 0.540. The topological polar surface area (TPSA) is 59.4 Å². The second kappa shape index (κ2) is 6.90. The highest BCUT2D eigenvalue weighted by molar-refractivity contribution is 9.10. The van der Waals surface area contributed by atoms with Crippen LogP contribution in [0.4, 0.5) is 5.69 Å². The molecule has 27 heavy (non-hydrogen) atoms. The van der Waals surface area contributed by atoms with Crippen molar-refractivity contribution in [2.75, 3.05) is 31.1 Å². The van der Waals surface area contributed by atoms with E-state index in [4.69, 9.17) is 4.74 Å². The minimum Gasteiger partial charge on any atom is -0.369 e. The highest BCUT2D eigenvalue weighted by atomic mass is 79.9. The van der Waals surface area contributed by atoms with Crippen molar-refractivity contribution >= 4 is 46.6 Å². The van der Waals surface area contributed by atoms with Gasteiger partial charge in [-0.05, 0) is 28.0 Å². The first-order chi connectivity index (χ1) is 12.8. The predicted molar refractivity (Wildman–Crippen MR) is 114 cm³/mol. The molecule has 0 aromatic carbocycles. The summed E-state index contributed by atoms with van der Waals surface area (Å²) in [7, 11) is -1.07. The van der Waals surface area contributed by atoms with Gasteiger partial charge in [-0.3, -0.25) is 4.79 Å². The highest BCUT2D eigenvalue weighted by Crippen LogP contribution is 2.44. The lowest BCUT2D eigenvalue weighted by Crippen LogP contribution is -2.57. The van der Waals surface area contributed by atoms with Crippen LogP contribution in [0, 0.1) is 5.41 Å². The van der Waals surface area contributed by atoms with Gasteiger partial charge in [0.25, 0.3) is 0 Å². The summed E-state index contributed by atoms with van der Waals surface area (Å²) in [6.45, 7) is 11.0. The van der Waals surface area contributed by atoms with Crippen LogP contribution in [0.25, 0.3) is 11.0 Å². The third-order valence-corrected chi connectivity index (χ3v) is 7.79. The summed E-state index contributed by atoms with van der Waals surface area (Å²) in [6, 6.07) is 3.28. The number of halogens is 1. The van der Waals surface area contributed by atoms with E-state index < -0.39 is 8.07 Å². The van der Waals surface area contributed by atoms with Crippen molar-refractivity contribution < 1.29 is 9.53 Å². The zero-order valence-corrected chi connectivity index (χ0v) is 18.8. The summed E-state index contributed by atoms with van der Waals surface area (Å²) in [5.41, 5.74) is 2.22. The van der Waals surface area contributed by atoms with Gasteiger partial charge in [0.2, 0.25) is 5.91 Å². The van der Waals surface area contributed by atoms with Gasteiger partial charge < -0.3 is 19.5 Å². The number of rotatable bonds is 6. The summed E-state index contributed by atoms with van der Waals surface area (Å²) in [6.07, 6.45) is 4.57. The average Bonchev–Trinajstić information content (AvgIpc) is 3.13. The molecule has 2 aliphatic heterocycles.